The van der Waals surface area contributed by atoms with E-state index in [-0.39, 0.29) is 0 Å². The molecule has 1 fully saturated rings. The summed E-state index contributed by atoms with van der Waals surface area (Å²) in [5.74, 6) is 1.16. The molecule has 4 heteroatoms. The Labute approximate surface area is 132 Å². The molecule has 0 saturated carbocycles. The lowest BCUT2D eigenvalue weighted by atomic mass is 9.93. The van der Waals surface area contributed by atoms with Crippen molar-refractivity contribution in [2.45, 2.75) is 39.8 Å². The number of nitrogens with one attached hydrogen (secondary N) is 1. The van der Waals surface area contributed by atoms with Crippen LogP contribution in [-0.4, -0.2) is 25.2 Å². The lowest BCUT2D eigenvalue weighted by molar-refractivity contribution is 0.295. The quantitative estimate of drug-likeness (QED) is 0.886. The summed E-state index contributed by atoms with van der Waals surface area (Å²) in [4.78, 5) is 2.43. The largest absolute Gasteiger partial charge is 0.364 e. The zero-order chi connectivity index (χ0) is 14.9. The second kappa shape index (κ2) is 6.55. The van der Waals surface area contributed by atoms with E-state index in [1.807, 2.05) is 18.2 Å². The van der Waals surface area contributed by atoms with E-state index < -0.39 is 0 Å². The Hall–Kier alpha value is -0.440. The van der Waals surface area contributed by atoms with Crippen LogP contribution in [0.5, 0.6) is 0 Å². The van der Waals surface area contributed by atoms with Crippen LogP contribution < -0.4 is 10.2 Å². The van der Waals surface area contributed by atoms with Crippen LogP contribution in [-0.2, 0) is 0 Å². The van der Waals surface area contributed by atoms with Crippen molar-refractivity contribution in [2.24, 2.45) is 11.8 Å². The Balaban J connectivity index is 2.33. The van der Waals surface area contributed by atoms with Gasteiger partial charge in [-0.15, -0.1) is 0 Å². The summed E-state index contributed by atoms with van der Waals surface area (Å²) >= 11 is 12.6. The fourth-order valence-electron chi connectivity index (χ4n) is 2.82. The predicted octanol–water partition coefficient (Wildman–Crippen LogP) is 4.45. The highest BCUT2D eigenvalue weighted by Crippen LogP contribution is 2.33. The molecule has 2 unspecified atom stereocenters. The molecular weight excluding hydrogens is 291 g/mol. The van der Waals surface area contributed by atoms with Gasteiger partial charge in [0.05, 0.1) is 10.7 Å². The standard InChI is InChI=1S/C16H24Cl2N2/c1-10(2)14-9-20(16(8-19-14)11(3)4)15-7-12(17)5-6-13(15)18/h5-7,10-11,14,16,19H,8-9H2,1-4H3. The minimum atomic E-state index is 0.445. The Morgan fingerprint density at radius 3 is 2.45 bits per heavy atom. The number of benzene rings is 1. The van der Waals surface area contributed by atoms with E-state index in [9.17, 15) is 0 Å². The maximum absolute atomic E-state index is 6.41. The van der Waals surface area contributed by atoms with E-state index in [1.165, 1.54) is 0 Å². The zero-order valence-corrected chi connectivity index (χ0v) is 14.2. The number of hydrogen-bond acceptors (Lipinski definition) is 2. The molecule has 2 rings (SSSR count). The van der Waals surface area contributed by atoms with E-state index in [2.05, 4.69) is 37.9 Å². The van der Waals surface area contributed by atoms with Crippen molar-refractivity contribution in [1.29, 1.82) is 0 Å². The summed E-state index contributed by atoms with van der Waals surface area (Å²) in [5, 5.41) is 5.19. The van der Waals surface area contributed by atoms with Gasteiger partial charge in [0.15, 0.2) is 0 Å². The van der Waals surface area contributed by atoms with E-state index in [0.717, 1.165) is 28.8 Å². The molecule has 0 spiro atoms. The highest BCUT2D eigenvalue weighted by atomic mass is 35.5. The van der Waals surface area contributed by atoms with Gasteiger partial charge in [-0.1, -0.05) is 50.9 Å². The molecule has 1 saturated heterocycles. The molecule has 1 aromatic rings. The van der Waals surface area contributed by atoms with E-state index in [0.29, 0.717) is 23.9 Å². The Kier molecular flexibility index (Phi) is 5.22. The molecule has 0 amide bonds. The van der Waals surface area contributed by atoms with Gasteiger partial charge in [-0.25, -0.2) is 0 Å². The molecule has 0 aliphatic carbocycles. The lowest BCUT2D eigenvalue weighted by Gasteiger charge is -2.45. The maximum atomic E-state index is 6.41. The average Bonchev–Trinajstić information content (AvgIpc) is 2.40. The van der Waals surface area contributed by atoms with Crippen molar-refractivity contribution in [3.05, 3.63) is 28.2 Å². The summed E-state index contributed by atoms with van der Waals surface area (Å²) in [7, 11) is 0. The van der Waals surface area contributed by atoms with Gasteiger partial charge < -0.3 is 10.2 Å². The minimum Gasteiger partial charge on any atom is -0.364 e. The first-order valence-electron chi connectivity index (χ1n) is 7.35. The second-order valence-corrected chi connectivity index (χ2v) is 7.16. The molecule has 1 aliphatic heterocycles. The zero-order valence-electron chi connectivity index (χ0n) is 12.7. The molecule has 0 bridgehead atoms. The van der Waals surface area contributed by atoms with Crippen LogP contribution in [0.25, 0.3) is 0 Å². The van der Waals surface area contributed by atoms with Crippen LogP contribution in [0, 0.1) is 11.8 Å². The van der Waals surface area contributed by atoms with Crippen LogP contribution >= 0.6 is 23.2 Å². The first-order valence-corrected chi connectivity index (χ1v) is 8.10. The summed E-state index contributed by atoms with van der Waals surface area (Å²) in [6, 6.07) is 6.66. The molecule has 0 aromatic heterocycles. The number of nitrogens with zero attached hydrogens (tertiary/aromatic N) is 1. The van der Waals surface area contributed by atoms with Crippen LogP contribution in [0.3, 0.4) is 0 Å². The van der Waals surface area contributed by atoms with Crippen molar-refractivity contribution in [2.75, 3.05) is 18.0 Å². The van der Waals surface area contributed by atoms with Gasteiger partial charge in [-0.2, -0.15) is 0 Å². The van der Waals surface area contributed by atoms with Crippen LogP contribution in [0.1, 0.15) is 27.7 Å². The third kappa shape index (κ3) is 3.41. The van der Waals surface area contributed by atoms with E-state index >= 15 is 0 Å². The molecule has 1 aromatic carbocycles. The normalized spacial score (nSPS) is 23.7. The van der Waals surface area contributed by atoms with Crippen molar-refractivity contribution in [1.82, 2.24) is 5.32 Å². The monoisotopic (exact) mass is 314 g/mol. The molecule has 1 N–H and O–H groups in total. The SMILES string of the molecule is CC(C)C1CN(c2cc(Cl)ccc2Cl)C(C(C)C)CN1. The average molecular weight is 315 g/mol. The Morgan fingerprint density at radius 1 is 1.15 bits per heavy atom. The minimum absolute atomic E-state index is 0.445. The first kappa shape index (κ1) is 15.9. The number of anilines is 1. The molecule has 1 aliphatic rings. The molecule has 2 atom stereocenters. The Morgan fingerprint density at radius 2 is 1.85 bits per heavy atom. The lowest BCUT2D eigenvalue weighted by Crippen LogP contribution is -2.60. The summed E-state index contributed by atoms with van der Waals surface area (Å²) in [6.07, 6.45) is 0. The van der Waals surface area contributed by atoms with Crippen LogP contribution in [0.4, 0.5) is 5.69 Å². The molecule has 20 heavy (non-hydrogen) atoms. The molecule has 112 valence electrons. The van der Waals surface area contributed by atoms with Gasteiger partial charge in [0.25, 0.3) is 0 Å². The van der Waals surface area contributed by atoms with Gasteiger partial charge in [0.1, 0.15) is 0 Å². The van der Waals surface area contributed by atoms with E-state index in [4.69, 9.17) is 23.2 Å². The maximum Gasteiger partial charge on any atom is 0.0640 e. The molecule has 1 heterocycles. The second-order valence-electron chi connectivity index (χ2n) is 6.32. The highest BCUT2D eigenvalue weighted by Gasteiger charge is 2.32. The van der Waals surface area contributed by atoms with Crippen LogP contribution in [0.15, 0.2) is 18.2 Å². The number of piperazine rings is 1. The topological polar surface area (TPSA) is 15.3 Å². The smallest absolute Gasteiger partial charge is 0.0640 e. The van der Waals surface area contributed by atoms with Gasteiger partial charge in [-0.05, 0) is 30.0 Å². The van der Waals surface area contributed by atoms with Gasteiger partial charge in [0.2, 0.25) is 0 Å². The van der Waals surface area contributed by atoms with Crippen molar-refractivity contribution < 1.29 is 0 Å². The first-order chi connectivity index (χ1) is 9.40. The fourth-order valence-corrected chi connectivity index (χ4v) is 3.21. The predicted molar refractivity (Wildman–Crippen MR) is 89.1 cm³/mol. The highest BCUT2D eigenvalue weighted by molar-refractivity contribution is 6.35. The van der Waals surface area contributed by atoms with E-state index in [1.54, 1.807) is 0 Å². The third-order valence-electron chi connectivity index (χ3n) is 4.17. The van der Waals surface area contributed by atoms with Gasteiger partial charge >= 0.3 is 0 Å². The summed E-state index contributed by atoms with van der Waals surface area (Å²) in [5.41, 5.74) is 1.06. The Bertz CT molecular complexity index is 460. The number of hydrogen-bond donors (Lipinski definition) is 1. The summed E-state index contributed by atoms with van der Waals surface area (Å²) < 4.78 is 0. The van der Waals surface area contributed by atoms with Crippen molar-refractivity contribution >= 4 is 28.9 Å². The number of rotatable bonds is 3. The molecular formula is C16H24Cl2N2. The van der Waals surface area contributed by atoms with Gasteiger partial charge in [0, 0.05) is 30.2 Å². The van der Waals surface area contributed by atoms with Crippen molar-refractivity contribution in [3.63, 3.8) is 0 Å². The van der Waals surface area contributed by atoms with Gasteiger partial charge in [-0.3, -0.25) is 0 Å². The third-order valence-corrected chi connectivity index (χ3v) is 4.73. The summed E-state index contributed by atoms with van der Waals surface area (Å²) in [6.45, 7) is 11.0. The van der Waals surface area contributed by atoms with Crippen molar-refractivity contribution in [3.8, 4) is 0 Å². The molecule has 0 radical (unpaired) electrons. The fraction of sp³-hybridized carbons (Fsp3) is 0.625. The number of halogens is 2. The molecule has 2 nitrogen and oxygen atoms in total. The van der Waals surface area contributed by atoms with Crippen LogP contribution in [0.2, 0.25) is 10.0 Å².